The van der Waals surface area contributed by atoms with E-state index in [9.17, 15) is 14.9 Å². The molecule has 0 aliphatic rings. The molecule has 0 saturated heterocycles. The molecule has 0 saturated carbocycles. The number of carbonyl (C=O) groups is 1. The van der Waals surface area contributed by atoms with E-state index in [-0.39, 0.29) is 11.6 Å². The fraction of sp³-hybridized carbons (Fsp3) is 0.0769. The molecule has 0 aliphatic carbocycles. The molecule has 1 N–H and O–H groups in total. The summed E-state index contributed by atoms with van der Waals surface area (Å²) in [6, 6.07) is 7.36. The van der Waals surface area contributed by atoms with E-state index in [2.05, 4.69) is 10.3 Å². The van der Waals surface area contributed by atoms with Gasteiger partial charge in [-0.15, -0.1) is 0 Å². The Morgan fingerprint density at radius 3 is 2.65 bits per heavy atom. The zero-order valence-electron chi connectivity index (χ0n) is 10.5. The third kappa shape index (κ3) is 3.10. The molecule has 2 rings (SSSR count). The number of aryl methyl sites for hydroxylation is 1. The standard InChI is InChI=1S/C13H10ClN3O3/c1-8-6-9(2-4-11(8)17(19)20)13(18)16-10-3-5-12(14)15-7-10/h2-7H,1H3,(H,16,18). The van der Waals surface area contributed by atoms with Crippen molar-refractivity contribution in [3.8, 4) is 0 Å². The van der Waals surface area contributed by atoms with Crippen LogP contribution < -0.4 is 5.32 Å². The van der Waals surface area contributed by atoms with Crippen LogP contribution in [-0.2, 0) is 0 Å². The van der Waals surface area contributed by atoms with Crippen LogP contribution in [0.2, 0.25) is 5.15 Å². The molecule has 0 atom stereocenters. The lowest BCUT2D eigenvalue weighted by Gasteiger charge is -2.06. The number of pyridine rings is 1. The summed E-state index contributed by atoms with van der Waals surface area (Å²) in [5.74, 6) is -0.368. The first-order valence-electron chi connectivity index (χ1n) is 5.65. The van der Waals surface area contributed by atoms with Gasteiger partial charge in [0, 0.05) is 17.2 Å². The number of rotatable bonds is 3. The fourth-order valence-electron chi connectivity index (χ4n) is 1.65. The Balaban J connectivity index is 2.19. The van der Waals surface area contributed by atoms with Crippen molar-refractivity contribution in [3.63, 3.8) is 0 Å². The van der Waals surface area contributed by atoms with Crippen molar-refractivity contribution in [2.75, 3.05) is 5.32 Å². The molecular weight excluding hydrogens is 282 g/mol. The average molecular weight is 292 g/mol. The Kier molecular flexibility index (Phi) is 3.95. The summed E-state index contributed by atoms with van der Waals surface area (Å²) in [7, 11) is 0. The van der Waals surface area contributed by atoms with Crippen LogP contribution in [0.1, 0.15) is 15.9 Å². The SMILES string of the molecule is Cc1cc(C(=O)Nc2ccc(Cl)nc2)ccc1[N+](=O)[O-]. The van der Waals surface area contributed by atoms with E-state index in [1.165, 1.54) is 24.4 Å². The largest absolute Gasteiger partial charge is 0.321 e. The van der Waals surface area contributed by atoms with Gasteiger partial charge in [-0.2, -0.15) is 0 Å². The Bertz CT molecular complexity index is 671. The lowest BCUT2D eigenvalue weighted by molar-refractivity contribution is -0.385. The minimum absolute atomic E-state index is 0.0188. The highest BCUT2D eigenvalue weighted by molar-refractivity contribution is 6.29. The number of hydrogen-bond acceptors (Lipinski definition) is 4. The maximum absolute atomic E-state index is 12.0. The number of anilines is 1. The van der Waals surface area contributed by atoms with E-state index in [1.807, 2.05) is 0 Å². The summed E-state index contributed by atoms with van der Waals surface area (Å²) in [6.45, 7) is 1.58. The molecule has 1 amide bonds. The van der Waals surface area contributed by atoms with Gasteiger partial charge in [0.1, 0.15) is 5.15 Å². The molecule has 20 heavy (non-hydrogen) atoms. The van der Waals surface area contributed by atoms with Crippen molar-refractivity contribution in [2.24, 2.45) is 0 Å². The molecular formula is C13H10ClN3O3. The lowest BCUT2D eigenvalue weighted by atomic mass is 10.1. The minimum Gasteiger partial charge on any atom is -0.321 e. The van der Waals surface area contributed by atoms with Gasteiger partial charge in [0.25, 0.3) is 11.6 Å². The molecule has 0 fully saturated rings. The Labute approximate surface area is 119 Å². The van der Waals surface area contributed by atoms with Crippen LogP contribution in [0.15, 0.2) is 36.5 Å². The third-order valence-electron chi connectivity index (χ3n) is 2.64. The second-order valence-electron chi connectivity index (χ2n) is 4.08. The number of carbonyl (C=O) groups excluding carboxylic acids is 1. The second kappa shape index (κ2) is 5.66. The number of aromatic nitrogens is 1. The van der Waals surface area contributed by atoms with Crippen LogP contribution in [-0.4, -0.2) is 15.8 Å². The summed E-state index contributed by atoms with van der Waals surface area (Å²) in [5.41, 5.74) is 1.24. The first kappa shape index (κ1) is 14.0. The number of halogens is 1. The highest BCUT2D eigenvalue weighted by Crippen LogP contribution is 2.19. The van der Waals surface area contributed by atoms with Gasteiger partial charge in [0.15, 0.2) is 0 Å². The highest BCUT2D eigenvalue weighted by atomic mass is 35.5. The monoisotopic (exact) mass is 291 g/mol. The number of amides is 1. The van der Waals surface area contributed by atoms with Gasteiger partial charge in [-0.1, -0.05) is 11.6 Å². The van der Waals surface area contributed by atoms with Gasteiger partial charge < -0.3 is 5.32 Å². The number of nitro groups is 1. The molecule has 6 nitrogen and oxygen atoms in total. The summed E-state index contributed by atoms with van der Waals surface area (Å²) in [4.78, 5) is 26.1. The molecule has 1 heterocycles. The van der Waals surface area contributed by atoms with Gasteiger partial charge in [-0.3, -0.25) is 14.9 Å². The van der Waals surface area contributed by atoms with Crippen molar-refractivity contribution < 1.29 is 9.72 Å². The minimum atomic E-state index is -0.486. The number of hydrogen-bond donors (Lipinski definition) is 1. The zero-order valence-corrected chi connectivity index (χ0v) is 11.2. The van der Waals surface area contributed by atoms with Gasteiger partial charge in [0.05, 0.1) is 16.8 Å². The van der Waals surface area contributed by atoms with Gasteiger partial charge in [-0.05, 0) is 31.2 Å². The van der Waals surface area contributed by atoms with E-state index in [4.69, 9.17) is 11.6 Å². The summed E-state index contributed by atoms with van der Waals surface area (Å²) < 4.78 is 0. The van der Waals surface area contributed by atoms with Crippen LogP contribution >= 0.6 is 11.6 Å². The Morgan fingerprint density at radius 2 is 2.10 bits per heavy atom. The molecule has 0 bridgehead atoms. The van der Waals surface area contributed by atoms with E-state index in [0.29, 0.717) is 22.0 Å². The fourth-order valence-corrected chi connectivity index (χ4v) is 1.77. The van der Waals surface area contributed by atoms with Gasteiger partial charge in [-0.25, -0.2) is 4.98 Å². The van der Waals surface area contributed by atoms with Crippen LogP contribution in [0.25, 0.3) is 0 Å². The first-order chi connectivity index (χ1) is 9.47. The van der Waals surface area contributed by atoms with Crippen molar-refractivity contribution in [1.29, 1.82) is 0 Å². The quantitative estimate of drug-likeness (QED) is 0.534. The van der Waals surface area contributed by atoms with Crippen molar-refractivity contribution in [1.82, 2.24) is 4.98 Å². The van der Waals surface area contributed by atoms with E-state index < -0.39 is 4.92 Å². The molecule has 102 valence electrons. The zero-order chi connectivity index (χ0) is 14.7. The van der Waals surface area contributed by atoms with Crippen LogP contribution in [0.4, 0.5) is 11.4 Å². The first-order valence-corrected chi connectivity index (χ1v) is 6.03. The normalized spacial score (nSPS) is 10.1. The molecule has 0 unspecified atom stereocenters. The number of benzene rings is 1. The third-order valence-corrected chi connectivity index (χ3v) is 2.86. The number of nitrogens with one attached hydrogen (secondary N) is 1. The maximum atomic E-state index is 12.0. The number of nitrogens with zero attached hydrogens (tertiary/aromatic N) is 2. The molecule has 0 aliphatic heterocycles. The predicted molar refractivity (Wildman–Crippen MR) is 75.0 cm³/mol. The smallest absolute Gasteiger partial charge is 0.272 e. The second-order valence-corrected chi connectivity index (χ2v) is 4.47. The van der Waals surface area contributed by atoms with E-state index in [0.717, 1.165) is 0 Å². The molecule has 2 aromatic rings. The predicted octanol–water partition coefficient (Wildman–Crippen LogP) is 3.20. The molecule has 1 aromatic carbocycles. The van der Waals surface area contributed by atoms with Crippen LogP contribution in [0, 0.1) is 17.0 Å². The highest BCUT2D eigenvalue weighted by Gasteiger charge is 2.13. The van der Waals surface area contributed by atoms with E-state index in [1.54, 1.807) is 19.1 Å². The van der Waals surface area contributed by atoms with Crippen molar-refractivity contribution in [3.05, 3.63) is 62.9 Å². The van der Waals surface area contributed by atoms with Crippen molar-refractivity contribution in [2.45, 2.75) is 6.92 Å². The molecule has 0 radical (unpaired) electrons. The summed E-state index contributed by atoms with van der Waals surface area (Å²) in [6.07, 6.45) is 1.43. The molecule has 0 spiro atoms. The van der Waals surface area contributed by atoms with Gasteiger partial charge in [0.2, 0.25) is 0 Å². The van der Waals surface area contributed by atoms with Gasteiger partial charge >= 0.3 is 0 Å². The van der Waals surface area contributed by atoms with Crippen molar-refractivity contribution >= 4 is 28.9 Å². The van der Waals surface area contributed by atoms with Crippen LogP contribution in [0.3, 0.4) is 0 Å². The topological polar surface area (TPSA) is 85.1 Å². The average Bonchev–Trinajstić information content (AvgIpc) is 2.40. The summed E-state index contributed by atoms with van der Waals surface area (Å²) >= 11 is 5.65. The maximum Gasteiger partial charge on any atom is 0.272 e. The lowest BCUT2D eigenvalue weighted by Crippen LogP contribution is -2.12. The van der Waals surface area contributed by atoms with Crippen LogP contribution in [0.5, 0.6) is 0 Å². The Morgan fingerprint density at radius 1 is 1.35 bits per heavy atom. The Hall–Kier alpha value is -2.47. The molecule has 1 aromatic heterocycles. The molecule has 7 heteroatoms. The summed E-state index contributed by atoms with van der Waals surface area (Å²) in [5, 5.41) is 13.7. The van der Waals surface area contributed by atoms with E-state index >= 15 is 0 Å². The number of nitro benzene ring substituents is 1.